The van der Waals surface area contributed by atoms with E-state index in [1.54, 1.807) is 42.5 Å². The number of benzene rings is 2. The fraction of sp³-hybridized carbons (Fsp3) is 0.111. The van der Waals surface area contributed by atoms with E-state index in [-0.39, 0.29) is 25.0 Å². The van der Waals surface area contributed by atoms with Gasteiger partial charge in [-0.2, -0.15) is 0 Å². The molecule has 120 valence electrons. The minimum absolute atomic E-state index is 0.0553. The van der Waals surface area contributed by atoms with E-state index in [0.717, 1.165) is 5.56 Å². The number of carbonyl (C=O) groups excluding carboxylic acids is 2. The Bertz CT molecular complexity index is 890. The molecule has 5 nitrogen and oxygen atoms in total. The highest BCUT2D eigenvalue weighted by atomic mass is 35.5. The lowest BCUT2D eigenvalue weighted by molar-refractivity contribution is -0.120. The lowest BCUT2D eigenvalue weighted by Gasteiger charge is -2.13. The van der Waals surface area contributed by atoms with Gasteiger partial charge in [-0.05, 0) is 35.9 Å². The Morgan fingerprint density at radius 3 is 2.71 bits per heavy atom. The standard InChI is InChI=1S/C18H12ClNO4/c19-13-3-1-2-11(7-13)6-12-8-17(21)20(18(12)22)14-4-5-15-16(9-14)24-10-23-15/h1-7,9H,8,10H2/b12-6+. The minimum Gasteiger partial charge on any atom is -0.454 e. The number of rotatable bonds is 2. The molecule has 24 heavy (non-hydrogen) atoms. The number of imide groups is 1. The fourth-order valence-corrected chi connectivity index (χ4v) is 2.97. The predicted molar refractivity (Wildman–Crippen MR) is 89.1 cm³/mol. The number of hydrogen-bond donors (Lipinski definition) is 0. The van der Waals surface area contributed by atoms with E-state index in [2.05, 4.69) is 0 Å². The van der Waals surface area contributed by atoms with Crippen molar-refractivity contribution in [2.24, 2.45) is 0 Å². The normalized spacial score (nSPS) is 17.9. The van der Waals surface area contributed by atoms with Gasteiger partial charge in [0.2, 0.25) is 12.7 Å². The van der Waals surface area contributed by atoms with E-state index in [4.69, 9.17) is 21.1 Å². The SMILES string of the molecule is O=C1C/C(=C\c2cccc(Cl)c2)C(=O)N1c1ccc2c(c1)OCO2. The first-order valence-electron chi connectivity index (χ1n) is 7.35. The minimum atomic E-state index is -0.334. The van der Waals surface area contributed by atoms with Gasteiger partial charge >= 0.3 is 0 Å². The fourth-order valence-electron chi connectivity index (χ4n) is 2.77. The van der Waals surface area contributed by atoms with Crippen molar-refractivity contribution in [1.82, 2.24) is 0 Å². The second-order valence-electron chi connectivity index (χ2n) is 5.47. The van der Waals surface area contributed by atoms with Gasteiger partial charge in [0.1, 0.15) is 0 Å². The Kier molecular flexibility index (Phi) is 3.50. The van der Waals surface area contributed by atoms with Crippen LogP contribution in [0.4, 0.5) is 5.69 Å². The zero-order chi connectivity index (χ0) is 16.7. The number of nitrogens with zero attached hydrogens (tertiary/aromatic N) is 1. The van der Waals surface area contributed by atoms with Crippen molar-refractivity contribution in [2.75, 3.05) is 11.7 Å². The summed E-state index contributed by atoms with van der Waals surface area (Å²) in [6, 6.07) is 12.1. The number of carbonyl (C=O) groups is 2. The number of halogens is 1. The van der Waals surface area contributed by atoms with Crippen LogP contribution < -0.4 is 14.4 Å². The molecule has 0 spiro atoms. The molecule has 1 fully saturated rings. The summed E-state index contributed by atoms with van der Waals surface area (Å²) in [5, 5.41) is 0.578. The molecule has 0 aliphatic carbocycles. The molecule has 0 N–H and O–H groups in total. The third kappa shape index (κ3) is 2.53. The predicted octanol–water partition coefficient (Wildman–Crippen LogP) is 3.42. The first kappa shape index (κ1) is 14.8. The van der Waals surface area contributed by atoms with Crippen LogP contribution >= 0.6 is 11.6 Å². The van der Waals surface area contributed by atoms with Crippen LogP contribution in [-0.2, 0) is 9.59 Å². The van der Waals surface area contributed by atoms with Gasteiger partial charge in [0.15, 0.2) is 11.5 Å². The second-order valence-corrected chi connectivity index (χ2v) is 5.91. The van der Waals surface area contributed by atoms with E-state index >= 15 is 0 Å². The molecule has 2 heterocycles. The molecular weight excluding hydrogens is 330 g/mol. The summed E-state index contributed by atoms with van der Waals surface area (Å²) < 4.78 is 10.6. The van der Waals surface area contributed by atoms with Gasteiger partial charge in [-0.15, -0.1) is 0 Å². The first-order valence-corrected chi connectivity index (χ1v) is 7.73. The van der Waals surface area contributed by atoms with Crippen molar-refractivity contribution in [2.45, 2.75) is 6.42 Å². The third-order valence-corrected chi connectivity index (χ3v) is 4.11. The van der Waals surface area contributed by atoms with Crippen molar-refractivity contribution in [3.63, 3.8) is 0 Å². The molecule has 2 amide bonds. The summed E-state index contributed by atoms with van der Waals surface area (Å²) in [4.78, 5) is 26.1. The largest absolute Gasteiger partial charge is 0.454 e. The molecule has 0 unspecified atom stereocenters. The van der Waals surface area contributed by atoms with Crippen molar-refractivity contribution >= 4 is 35.2 Å². The average Bonchev–Trinajstić information content (AvgIpc) is 3.12. The van der Waals surface area contributed by atoms with Crippen LogP contribution in [0.1, 0.15) is 12.0 Å². The molecule has 2 aliphatic rings. The molecule has 0 atom stereocenters. The molecule has 4 rings (SSSR count). The Labute approximate surface area is 143 Å². The lowest BCUT2D eigenvalue weighted by atomic mass is 10.1. The third-order valence-electron chi connectivity index (χ3n) is 3.87. The number of hydrogen-bond acceptors (Lipinski definition) is 4. The molecule has 0 radical (unpaired) electrons. The first-order chi connectivity index (χ1) is 11.6. The van der Waals surface area contributed by atoms with E-state index in [0.29, 0.717) is 27.8 Å². The zero-order valence-corrected chi connectivity index (χ0v) is 13.2. The van der Waals surface area contributed by atoms with Crippen LogP contribution in [0.25, 0.3) is 6.08 Å². The molecule has 2 aliphatic heterocycles. The van der Waals surface area contributed by atoms with Gasteiger partial charge < -0.3 is 9.47 Å². The molecule has 1 saturated heterocycles. The molecule has 0 aromatic heterocycles. The Morgan fingerprint density at radius 2 is 1.88 bits per heavy atom. The van der Waals surface area contributed by atoms with Crippen molar-refractivity contribution in [3.8, 4) is 11.5 Å². The topological polar surface area (TPSA) is 55.8 Å². The molecular formula is C18H12ClNO4. The van der Waals surface area contributed by atoms with Crippen LogP contribution in [0.3, 0.4) is 0 Å². The number of ether oxygens (including phenoxy) is 2. The number of anilines is 1. The zero-order valence-electron chi connectivity index (χ0n) is 12.5. The van der Waals surface area contributed by atoms with Crippen LogP contribution in [0.15, 0.2) is 48.0 Å². The highest BCUT2D eigenvalue weighted by Crippen LogP contribution is 2.37. The molecule has 2 aromatic rings. The summed E-state index contributed by atoms with van der Waals surface area (Å²) in [6.45, 7) is 0.139. The summed E-state index contributed by atoms with van der Waals surface area (Å²) >= 11 is 5.96. The van der Waals surface area contributed by atoms with Crippen molar-refractivity contribution < 1.29 is 19.1 Å². The maximum atomic E-state index is 12.6. The van der Waals surface area contributed by atoms with Crippen LogP contribution in [0.5, 0.6) is 11.5 Å². The second kappa shape index (κ2) is 5.69. The number of amides is 2. The summed E-state index contributed by atoms with van der Waals surface area (Å²) in [7, 11) is 0. The Hall–Kier alpha value is -2.79. The lowest BCUT2D eigenvalue weighted by Crippen LogP contribution is -2.28. The van der Waals surface area contributed by atoms with Crippen LogP contribution in [-0.4, -0.2) is 18.6 Å². The number of fused-ring (bicyclic) bond motifs is 1. The van der Waals surface area contributed by atoms with E-state index in [1.165, 1.54) is 4.90 Å². The van der Waals surface area contributed by atoms with Gasteiger partial charge in [-0.1, -0.05) is 23.7 Å². The quantitative estimate of drug-likeness (QED) is 0.620. The van der Waals surface area contributed by atoms with Gasteiger partial charge in [0.25, 0.3) is 5.91 Å². The van der Waals surface area contributed by atoms with Gasteiger partial charge in [-0.3, -0.25) is 9.59 Å². The smallest absolute Gasteiger partial charge is 0.261 e. The molecule has 0 saturated carbocycles. The highest BCUT2D eigenvalue weighted by Gasteiger charge is 2.35. The molecule has 2 aromatic carbocycles. The molecule has 6 heteroatoms. The van der Waals surface area contributed by atoms with Crippen molar-refractivity contribution in [3.05, 3.63) is 58.6 Å². The Balaban J connectivity index is 1.66. The van der Waals surface area contributed by atoms with Gasteiger partial charge in [0.05, 0.1) is 12.1 Å². The van der Waals surface area contributed by atoms with Crippen molar-refractivity contribution in [1.29, 1.82) is 0 Å². The summed E-state index contributed by atoms with van der Waals surface area (Å²) in [6.07, 6.45) is 1.75. The van der Waals surface area contributed by atoms with E-state index in [9.17, 15) is 9.59 Å². The van der Waals surface area contributed by atoms with Gasteiger partial charge in [0, 0.05) is 16.7 Å². The van der Waals surface area contributed by atoms with Gasteiger partial charge in [-0.25, -0.2) is 4.90 Å². The average molecular weight is 342 g/mol. The van der Waals surface area contributed by atoms with Crippen LogP contribution in [0, 0.1) is 0 Å². The summed E-state index contributed by atoms with van der Waals surface area (Å²) in [5.41, 5.74) is 1.69. The van der Waals surface area contributed by atoms with E-state index in [1.807, 2.05) is 6.07 Å². The van der Waals surface area contributed by atoms with Crippen LogP contribution in [0.2, 0.25) is 5.02 Å². The molecule has 0 bridgehead atoms. The highest BCUT2D eigenvalue weighted by molar-refractivity contribution is 6.31. The van der Waals surface area contributed by atoms with E-state index < -0.39 is 0 Å². The monoisotopic (exact) mass is 341 g/mol. The summed E-state index contributed by atoms with van der Waals surface area (Å²) in [5.74, 6) is 0.527. The maximum Gasteiger partial charge on any atom is 0.261 e. The Morgan fingerprint density at radius 1 is 1.04 bits per heavy atom. The maximum absolute atomic E-state index is 12.6.